The molecule has 0 aliphatic heterocycles. The highest BCUT2D eigenvalue weighted by Crippen LogP contribution is 2.27. The monoisotopic (exact) mass is 431 g/mol. The van der Waals surface area contributed by atoms with Crippen LogP contribution in [0.3, 0.4) is 0 Å². The number of rotatable bonds is 6. The molecule has 1 N–H and O–H groups in total. The standard InChI is InChI=1S/C19H14ClN3O5S/c1-11(19(25)22-14-7-6-12(23(26)27)10-13(14)20)28-18(24)9-8-17-21-15-4-2-3-5-16(15)29-17/h2-11H,1H3,(H,22,25)/b9-8+. The maximum absolute atomic E-state index is 12.2. The van der Waals surface area contributed by atoms with Crippen LogP contribution in [0.2, 0.25) is 5.02 Å². The molecule has 10 heteroatoms. The lowest BCUT2D eigenvalue weighted by Crippen LogP contribution is -2.29. The van der Waals surface area contributed by atoms with Gasteiger partial charge in [-0.25, -0.2) is 9.78 Å². The van der Waals surface area contributed by atoms with Crippen molar-refractivity contribution in [2.24, 2.45) is 0 Å². The Balaban J connectivity index is 1.58. The Labute approximate surface area is 173 Å². The third kappa shape index (κ3) is 5.15. The van der Waals surface area contributed by atoms with Gasteiger partial charge in [-0.3, -0.25) is 14.9 Å². The van der Waals surface area contributed by atoms with Crippen molar-refractivity contribution >= 4 is 62.5 Å². The SMILES string of the molecule is CC(OC(=O)/C=C/c1nc2ccccc2s1)C(=O)Nc1ccc([N+](=O)[O-])cc1Cl. The molecular weight excluding hydrogens is 418 g/mol. The zero-order valence-corrected chi connectivity index (χ0v) is 16.6. The molecule has 0 aliphatic rings. The van der Waals surface area contributed by atoms with Gasteiger partial charge in [0.15, 0.2) is 6.10 Å². The van der Waals surface area contributed by atoms with Gasteiger partial charge >= 0.3 is 5.97 Å². The van der Waals surface area contributed by atoms with Gasteiger partial charge in [0, 0.05) is 18.2 Å². The first-order valence-corrected chi connectivity index (χ1v) is 9.52. The number of nitro benzene ring substituents is 1. The molecule has 0 aliphatic carbocycles. The lowest BCUT2D eigenvalue weighted by atomic mass is 10.2. The fourth-order valence-corrected chi connectivity index (χ4v) is 3.41. The summed E-state index contributed by atoms with van der Waals surface area (Å²) in [6.07, 6.45) is 1.61. The van der Waals surface area contributed by atoms with E-state index < -0.39 is 22.9 Å². The van der Waals surface area contributed by atoms with E-state index >= 15 is 0 Å². The van der Waals surface area contributed by atoms with E-state index in [-0.39, 0.29) is 16.4 Å². The van der Waals surface area contributed by atoms with E-state index in [1.54, 1.807) is 0 Å². The van der Waals surface area contributed by atoms with Gasteiger partial charge in [0.05, 0.1) is 25.8 Å². The number of non-ortho nitro benzene ring substituents is 1. The average Bonchev–Trinajstić information content (AvgIpc) is 3.10. The van der Waals surface area contributed by atoms with E-state index in [0.29, 0.717) is 5.01 Å². The van der Waals surface area contributed by atoms with E-state index in [2.05, 4.69) is 10.3 Å². The highest BCUT2D eigenvalue weighted by atomic mass is 35.5. The number of anilines is 1. The topological polar surface area (TPSA) is 111 Å². The molecule has 1 atom stereocenters. The Morgan fingerprint density at radius 3 is 2.76 bits per heavy atom. The van der Waals surface area contributed by atoms with Gasteiger partial charge in [0.1, 0.15) is 5.01 Å². The fourth-order valence-electron chi connectivity index (χ4n) is 2.32. The van der Waals surface area contributed by atoms with Crippen molar-refractivity contribution in [3.8, 4) is 0 Å². The van der Waals surface area contributed by atoms with Gasteiger partial charge in [-0.15, -0.1) is 11.3 Å². The number of fused-ring (bicyclic) bond motifs is 1. The number of amides is 1. The molecule has 1 amide bonds. The van der Waals surface area contributed by atoms with Crippen LogP contribution < -0.4 is 5.32 Å². The molecule has 3 aromatic rings. The van der Waals surface area contributed by atoms with Crippen molar-refractivity contribution in [3.63, 3.8) is 0 Å². The maximum Gasteiger partial charge on any atom is 0.331 e. The first kappa shape index (κ1) is 20.4. The lowest BCUT2D eigenvalue weighted by Gasteiger charge is -2.13. The predicted molar refractivity (Wildman–Crippen MR) is 111 cm³/mol. The predicted octanol–water partition coefficient (Wildman–Crippen LogP) is 4.44. The third-order valence-corrected chi connectivity index (χ3v) is 5.07. The summed E-state index contributed by atoms with van der Waals surface area (Å²) in [7, 11) is 0. The van der Waals surface area contributed by atoms with Crippen molar-refractivity contribution in [1.29, 1.82) is 0 Å². The number of halogens is 1. The highest BCUT2D eigenvalue weighted by Gasteiger charge is 2.19. The summed E-state index contributed by atoms with van der Waals surface area (Å²) in [6, 6.07) is 11.2. The Kier molecular flexibility index (Phi) is 6.20. The number of nitrogens with one attached hydrogen (secondary N) is 1. The molecule has 0 bridgehead atoms. The molecule has 0 spiro atoms. The summed E-state index contributed by atoms with van der Waals surface area (Å²) in [5.74, 6) is -1.33. The second-order valence-corrected chi connectivity index (χ2v) is 7.31. The number of benzene rings is 2. The minimum atomic E-state index is -1.10. The maximum atomic E-state index is 12.2. The van der Waals surface area contributed by atoms with Crippen LogP contribution in [0, 0.1) is 10.1 Å². The van der Waals surface area contributed by atoms with Gasteiger partial charge in [0.2, 0.25) is 0 Å². The zero-order valence-electron chi connectivity index (χ0n) is 15.0. The molecule has 0 fully saturated rings. The molecule has 0 saturated heterocycles. The van der Waals surface area contributed by atoms with Gasteiger partial charge in [0.25, 0.3) is 11.6 Å². The Hall–Kier alpha value is -3.30. The van der Waals surface area contributed by atoms with Crippen LogP contribution in [0.15, 0.2) is 48.5 Å². The largest absolute Gasteiger partial charge is 0.449 e. The summed E-state index contributed by atoms with van der Waals surface area (Å²) in [5, 5.41) is 13.8. The van der Waals surface area contributed by atoms with Crippen LogP contribution in [0.1, 0.15) is 11.9 Å². The van der Waals surface area contributed by atoms with Crippen LogP contribution >= 0.6 is 22.9 Å². The van der Waals surface area contributed by atoms with Gasteiger partial charge in [-0.1, -0.05) is 23.7 Å². The number of hydrogen-bond acceptors (Lipinski definition) is 7. The smallest absolute Gasteiger partial charge is 0.331 e. The average molecular weight is 432 g/mol. The van der Waals surface area contributed by atoms with Crippen LogP contribution in [0.4, 0.5) is 11.4 Å². The number of ether oxygens (including phenoxy) is 1. The second-order valence-electron chi connectivity index (χ2n) is 5.84. The van der Waals surface area contributed by atoms with Crippen LogP contribution in [-0.2, 0) is 14.3 Å². The zero-order chi connectivity index (χ0) is 21.0. The molecule has 0 saturated carbocycles. The van der Waals surface area contributed by atoms with Crippen molar-refractivity contribution in [1.82, 2.24) is 4.98 Å². The number of aromatic nitrogens is 1. The van der Waals surface area contributed by atoms with Crippen LogP contribution in [-0.4, -0.2) is 27.9 Å². The van der Waals surface area contributed by atoms with E-state index in [1.807, 2.05) is 24.3 Å². The molecular formula is C19H14ClN3O5S. The molecule has 2 aromatic carbocycles. The molecule has 0 radical (unpaired) electrons. The van der Waals surface area contributed by atoms with Crippen LogP contribution in [0.5, 0.6) is 0 Å². The van der Waals surface area contributed by atoms with E-state index in [1.165, 1.54) is 42.5 Å². The van der Waals surface area contributed by atoms with Crippen molar-refractivity contribution in [2.45, 2.75) is 13.0 Å². The Morgan fingerprint density at radius 2 is 2.07 bits per heavy atom. The number of carbonyl (C=O) groups excluding carboxylic acids is 2. The number of hydrogen-bond donors (Lipinski definition) is 1. The number of nitro groups is 1. The van der Waals surface area contributed by atoms with Crippen molar-refractivity contribution in [3.05, 3.63) is 68.7 Å². The molecule has 29 heavy (non-hydrogen) atoms. The Morgan fingerprint density at radius 1 is 1.31 bits per heavy atom. The number of carbonyl (C=O) groups is 2. The van der Waals surface area contributed by atoms with Crippen molar-refractivity contribution < 1.29 is 19.2 Å². The molecule has 1 unspecified atom stereocenters. The van der Waals surface area contributed by atoms with E-state index in [9.17, 15) is 19.7 Å². The lowest BCUT2D eigenvalue weighted by molar-refractivity contribution is -0.384. The summed E-state index contributed by atoms with van der Waals surface area (Å²) >= 11 is 7.36. The minimum absolute atomic E-state index is 0.00167. The molecule has 3 rings (SSSR count). The number of thiazole rings is 1. The van der Waals surface area contributed by atoms with Crippen LogP contribution in [0.25, 0.3) is 16.3 Å². The Bertz CT molecular complexity index is 1090. The molecule has 1 heterocycles. The highest BCUT2D eigenvalue weighted by molar-refractivity contribution is 7.19. The van der Waals surface area contributed by atoms with Gasteiger partial charge < -0.3 is 10.1 Å². The summed E-state index contributed by atoms with van der Waals surface area (Å²) < 4.78 is 6.06. The molecule has 1 aromatic heterocycles. The summed E-state index contributed by atoms with van der Waals surface area (Å²) in [4.78, 5) is 38.7. The third-order valence-electron chi connectivity index (χ3n) is 3.76. The van der Waals surface area contributed by atoms with E-state index in [4.69, 9.17) is 16.3 Å². The quantitative estimate of drug-likeness (QED) is 0.267. The van der Waals surface area contributed by atoms with E-state index in [0.717, 1.165) is 16.3 Å². The number of nitrogens with zero attached hydrogens (tertiary/aromatic N) is 2. The summed E-state index contributed by atoms with van der Waals surface area (Å²) in [6.45, 7) is 1.40. The number of para-hydroxylation sites is 1. The first-order valence-electron chi connectivity index (χ1n) is 8.32. The van der Waals surface area contributed by atoms with Gasteiger partial charge in [-0.05, 0) is 31.2 Å². The minimum Gasteiger partial charge on any atom is -0.449 e. The molecule has 8 nitrogen and oxygen atoms in total. The summed E-state index contributed by atoms with van der Waals surface area (Å²) in [5.41, 5.74) is 0.806. The van der Waals surface area contributed by atoms with Crippen molar-refractivity contribution in [2.75, 3.05) is 5.32 Å². The fraction of sp³-hybridized carbons (Fsp3) is 0.105. The normalized spacial score (nSPS) is 12.1. The number of esters is 1. The first-order chi connectivity index (χ1) is 13.8. The second kappa shape index (κ2) is 8.80. The molecule has 148 valence electrons. The van der Waals surface area contributed by atoms with Gasteiger partial charge in [-0.2, -0.15) is 0 Å².